The zero-order chi connectivity index (χ0) is 16.4. The normalized spacial score (nSPS) is 36.3. The Morgan fingerprint density at radius 3 is 2.91 bits per heavy atom. The predicted molar refractivity (Wildman–Crippen MR) is 88.0 cm³/mol. The van der Waals surface area contributed by atoms with E-state index in [1.807, 2.05) is 6.07 Å². The minimum Gasteiger partial charge on any atom is -0.504 e. The molecule has 1 unspecified atom stereocenters. The molecule has 1 saturated heterocycles. The van der Waals surface area contributed by atoms with Crippen LogP contribution in [0.15, 0.2) is 12.1 Å². The smallest absolute Gasteiger partial charge is 0.161 e. The van der Waals surface area contributed by atoms with E-state index in [0.717, 1.165) is 31.4 Å². The van der Waals surface area contributed by atoms with E-state index in [-0.39, 0.29) is 17.1 Å². The summed E-state index contributed by atoms with van der Waals surface area (Å²) in [4.78, 5) is 15.0. The van der Waals surface area contributed by atoms with Crippen LogP contribution in [0.25, 0.3) is 0 Å². The SMILES string of the molecule is COc1ccc2c(c1O)[C@]13CCN(C)[C@H](C2)[C@H]1CC(C)C(=O)C3. The van der Waals surface area contributed by atoms with Crippen molar-refractivity contribution in [3.05, 3.63) is 23.3 Å². The van der Waals surface area contributed by atoms with Crippen molar-refractivity contribution in [2.24, 2.45) is 11.8 Å². The Kier molecular flexibility index (Phi) is 3.24. The molecule has 1 aliphatic heterocycles. The van der Waals surface area contributed by atoms with E-state index in [0.29, 0.717) is 29.9 Å². The number of rotatable bonds is 1. The van der Waals surface area contributed by atoms with Crippen LogP contribution < -0.4 is 4.74 Å². The molecule has 124 valence electrons. The number of hydrogen-bond acceptors (Lipinski definition) is 4. The number of ether oxygens (including phenoxy) is 1. The Hall–Kier alpha value is -1.55. The second kappa shape index (κ2) is 4.97. The number of phenols is 1. The molecular formula is C19H25NO3. The van der Waals surface area contributed by atoms with E-state index in [2.05, 4.69) is 24.9 Å². The number of methoxy groups -OCH3 is 1. The van der Waals surface area contributed by atoms with Gasteiger partial charge in [0.25, 0.3) is 0 Å². The van der Waals surface area contributed by atoms with Crippen molar-refractivity contribution in [1.29, 1.82) is 0 Å². The third-order valence-corrected chi connectivity index (χ3v) is 6.67. The van der Waals surface area contributed by atoms with Crippen LogP contribution >= 0.6 is 0 Å². The van der Waals surface area contributed by atoms with E-state index in [1.165, 1.54) is 5.56 Å². The number of likely N-dealkylation sites (tertiary alicyclic amines) is 1. The van der Waals surface area contributed by atoms with Gasteiger partial charge in [-0.25, -0.2) is 0 Å². The van der Waals surface area contributed by atoms with Crippen LogP contribution in [-0.2, 0) is 16.6 Å². The molecule has 2 bridgehead atoms. The molecule has 0 spiro atoms. The van der Waals surface area contributed by atoms with Crippen LogP contribution in [0.2, 0.25) is 0 Å². The van der Waals surface area contributed by atoms with Gasteiger partial charge >= 0.3 is 0 Å². The Labute approximate surface area is 137 Å². The number of nitrogens with zero attached hydrogens (tertiary/aromatic N) is 1. The van der Waals surface area contributed by atoms with Crippen LogP contribution in [0, 0.1) is 11.8 Å². The maximum absolute atomic E-state index is 12.6. The van der Waals surface area contributed by atoms with Crippen molar-refractivity contribution < 1.29 is 14.6 Å². The molecule has 1 saturated carbocycles. The largest absolute Gasteiger partial charge is 0.504 e. The molecule has 23 heavy (non-hydrogen) atoms. The van der Waals surface area contributed by atoms with Gasteiger partial charge in [-0.15, -0.1) is 0 Å². The van der Waals surface area contributed by atoms with Gasteiger partial charge in [0, 0.05) is 29.4 Å². The fourth-order valence-corrected chi connectivity index (χ4v) is 5.43. The van der Waals surface area contributed by atoms with E-state index in [9.17, 15) is 9.90 Å². The van der Waals surface area contributed by atoms with Gasteiger partial charge < -0.3 is 14.7 Å². The lowest BCUT2D eigenvalue weighted by molar-refractivity contribution is -0.132. The van der Waals surface area contributed by atoms with Gasteiger partial charge in [0.05, 0.1) is 7.11 Å². The minimum absolute atomic E-state index is 0.136. The first kappa shape index (κ1) is 15.0. The molecule has 1 heterocycles. The second-order valence-electron chi connectivity index (χ2n) is 7.70. The maximum atomic E-state index is 12.6. The Balaban J connectivity index is 1.94. The number of aromatic hydroxyl groups is 1. The Bertz CT molecular complexity index is 671. The summed E-state index contributed by atoms with van der Waals surface area (Å²) in [5.74, 6) is 1.72. The third-order valence-electron chi connectivity index (χ3n) is 6.67. The molecule has 4 nitrogen and oxygen atoms in total. The number of hydrogen-bond donors (Lipinski definition) is 1. The summed E-state index contributed by atoms with van der Waals surface area (Å²) >= 11 is 0. The summed E-state index contributed by atoms with van der Waals surface area (Å²) in [5, 5.41) is 10.8. The average Bonchev–Trinajstić information content (AvgIpc) is 2.52. The summed E-state index contributed by atoms with van der Waals surface area (Å²) in [6, 6.07) is 4.41. The lowest BCUT2D eigenvalue weighted by Crippen LogP contribution is -2.62. The Morgan fingerprint density at radius 1 is 1.39 bits per heavy atom. The van der Waals surface area contributed by atoms with E-state index < -0.39 is 0 Å². The monoisotopic (exact) mass is 315 g/mol. The van der Waals surface area contributed by atoms with Crippen molar-refractivity contribution in [2.75, 3.05) is 20.7 Å². The standard InChI is InChI=1S/C19H25NO3/c1-11-8-13-14-9-12-4-5-16(23-3)18(22)17(12)19(13,10-15(11)21)6-7-20(14)2/h4-5,11,13-14,22H,6-10H2,1-3H3/t11?,13-,14-,19+/m1/s1. The van der Waals surface area contributed by atoms with E-state index >= 15 is 0 Å². The first-order chi connectivity index (χ1) is 11.0. The number of Topliss-reactive ketones (excluding diaryl/α,β-unsaturated/α-hetero) is 1. The predicted octanol–water partition coefficient (Wildman–Crippen LogP) is 2.51. The highest BCUT2D eigenvalue weighted by Gasteiger charge is 2.57. The molecule has 2 aliphatic carbocycles. The van der Waals surface area contributed by atoms with Gasteiger partial charge in [-0.3, -0.25) is 4.79 Å². The van der Waals surface area contributed by atoms with Gasteiger partial charge in [0.15, 0.2) is 11.5 Å². The van der Waals surface area contributed by atoms with Crippen LogP contribution in [0.1, 0.15) is 37.3 Å². The highest BCUT2D eigenvalue weighted by Crippen LogP contribution is 2.58. The van der Waals surface area contributed by atoms with Crippen LogP contribution in [0.5, 0.6) is 11.5 Å². The lowest BCUT2D eigenvalue weighted by Gasteiger charge is -2.58. The summed E-state index contributed by atoms with van der Waals surface area (Å²) in [6.45, 7) is 3.05. The fraction of sp³-hybridized carbons (Fsp3) is 0.632. The first-order valence-corrected chi connectivity index (χ1v) is 8.60. The molecule has 1 aromatic rings. The van der Waals surface area contributed by atoms with Gasteiger partial charge in [-0.1, -0.05) is 13.0 Å². The second-order valence-corrected chi connectivity index (χ2v) is 7.70. The maximum Gasteiger partial charge on any atom is 0.161 e. The van der Waals surface area contributed by atoms with E-state index in [1.54, 1.807) is 7.11 Å². The number of piperidine rings is 1. The summed E-state index contributed by atoms with van der Waals surface area (Å²) < 4.78 is 5.35. The van der Waals surface area contributed by atoms with Gasteiger partial charge in [0.2, 0.25) is 0 Å². The molecule has 0 radical (unpaired) electrons. The van der Waals surface area contributed by atoms with Crippen molar-refractivity contribution in [1.82, 2.24) is 4.90 Å². The highest BCUT2D eigenvalue weighted by molar-refractivity contribution is 5.84. The van der Waals surface area contributed by atoms with Gasteiger partial charge in [0.1, 0.15) is 5.78 Å². The first-order valence-electron chi connectivity index (χ1n) is 8.60. The Morgan fingerprint density at radius 2 is 2.17 bits per heavy atom. The zero-order valence-corrected chi connectivity index (χ0v) is 14.1. The number of carbonyl (C=O) groups excluding carboxylic acids is 1. The number of ketones is 1. The highest BCUT2D eigenvalue weighted by atomic mass is 16.5. The summed E-state index contributed by atoms with van der Waals surface area (Å²) in [7, 11) is 3.79. The van der Waals surface area contributed by atoms with Crippen molar-refractivity contribution >= 4 is 5.78 Å². The molecule has 4 rings (SSSR count). The van der Waals surface area contributed by atoms with Crippen molar-refractivity contribution in [2.45, 2.75) is 44.1 Å². The molecule has 0 amide bonds. The average molecular weight is 315 g/mol. The number of likely N-dealkylation sites (N-methyl/N-ethyl adjacent to an activating group) is 1. The van der Waals surface area contributed by atoms with Crippen LogP contribution in [0.3, 0.4) is 0 Å². The fourth-order valence-electron chi connectivity index (χ4n) is 5.43. The summed E-state index contributed by atoms with van der Waals surface area (Å²) in [6.07, 6.45) is 3.40. The number of carbonyl (C=O) groups is 1. The molecule has 3 aliphatic rings. The van der Waals surface area contributed by atoms with Crippen LogP contribution in [0.4, 0.5) is 0 Å². The molecule has 4 heteroatoms. The molecule has 2 fully saturated rings. The summed E-state index contributed by atoms with van der Waals surface area (Å²) in [5.41, 5.74) is 2.00. The number of fused-ring (bicyclic) bond motifs is 1. The third kappa shape index (κ3) is 1.90. The quantitative estimate of drug-likeness (QED) is 0.865. The number of benzene rings is 1. The lowest BCUT2D eigenvalue weighted by atomic mass is 9.50. The van der Waals surface area contributed by atoms with Gasteiger partial charge in [-0.2, -0.15) is 0 Å². The molecular weight excluding hydrogens is 290 g/mol. The van der Waals surface area contributed by atoms with Crippen molar-refractivity contribution in [3.8, 4) is 11.5 Å². The molecule has 1 N–H and O–H groups in total. The van der Waals surface area contributed by atoms with Crippen LogP contribution in [-0.4, -0.2) is 42.5 Å². The minimum atomic E-state index is -0.201. The van der Waals surface area contributed by atoms with Crippen molar-refractivity contribution in [3.63, 3.8) is 0 Å². The number of phenolic OH excluding ortho intramolecular Hbond substituents is 1. The molecule has 1 aromatic carbocycles. The topological polar surface area (TPSA) is 49.8 Å². The zero-order valence-electron chi connectivity index (χ0n) is 14.1. The van der Waals surface area contributed by atoms with E-state index in [4.69, 9.17) is 4.74 Å². The van der Waals surface area contributed by atoms with Gasteiger partial charge in [-0.05, 0) is 50.4 Å². The molecule has 4 atom stereocenters. The molecule has 0 aromatic heterocycles.